The van der Waals surface area contributed by atoms with Crippen molar-refractivity contribution in [3.05, 3.63) is 34.3 Å². The van der Waals surface area contributed by atoms with Crippen LogP contribution in [-0.2, 0) is 6.18 Å². The lowest BCUT2D eigenvalue weighted by Gasteiger charge is -2.20. The van der Waals surface area contributed by atoms with Crippen LogP contribution in [0.25, 0.3) is 0 Å². The highest BCUT2D eigenvalue weighted by atomic mass is 35.5. The first-order chi connectivity index (χ1) is 7.23. The van der Waals surface area contributed by atoms with Gasteiger partial charge >= 0.3 is 6.18 Å². The molecule has 0 heterocycles. The van der Waals surface area contributed by atoms with Gasteiger partial charge in [-0.1, -0.05) is 17.7 Å². The van der Waals surface area contributed by atoms with E-state index < -0.39 is 23.9 Å². The van der Waals surface area contributed by atoms with Crippen molar-refractivity contribution in [1.82, 2.24) is 0 Å². The molecule has 0 fully saturated rings. The van der Waals surface area contributed by atoms with E-state index in [1.165, 1.54) is 13.0 Å². The van der Waals surface area contributed by atoms with Crippen LogP contribution in [0.3, 0.4) is 0 Å². The lowest BCUT2D eigenvalue weighted by molar-refractivity contribution is -0.139. The second kappa shape index (κ2) is 4.61. The number of aliphatic hydroxyl groups is 1. The highest BCUT2D eigenvalue weighted by molar-refractivity contribution is 6.30. The molecule has 3 N–H and O–H groups in total. The van der Waals surface area contributed by atoms with Gasteiger partial charge in [-0.25, -0.2) is 0 Å². The van der Waals surface area contributed by atoms with E-state index in [-0.39, 0.29) is 10.6 Å². The lowest BCUT2D eigenvalue weighted by atomic mass is 9.98. The van der Waals surface area contributed by atoms with Crippen LogP contribution in [-0.4, -0.2) is 11.1 Å². The third kappa shape index (κ3) is 2.87. The fourth-order valence-electron chi connectivity index (χ4n) is 1.32. The molecular formula is C10H11ClF3NO. The second-order valence-corrected chi connectivity index (χ2v) is 3.97. The number of rotatable bonds is 2. The molecule has 1 aromatic carbocycles. The summed E-state index contributed by atoms with van der Waals surface area (Å²) < 4.78 is 37.9. The largest absolute Gasteiger partial charge is 0.416 e. The highest BCUT2D eigenvalue weighted by Gasteiger charge is 2.35. The van der Waals surface area contributed by atoms with Crippen LogP contribution < -0.4 is 5.73 Å². The predicted octanol–water partition coefficient (Wildman–Crippen LogP) is 2.74. The number of alkyl halides is 3. The summed E-state index contributed by atoms with van der Waals surface area (Å²) in [5.41, 5.74) is 4.16. The first-order valence-corrected chi connectivity index (χ1v) is 4.91. The molecule has 16 heavy (non-hydrogen) atoms. The Labute approximate surface area is 95.8 Å². The van der Waals surface area contributed by atoms with Gasteiger partial charge in [0.15, 0.2) is 0 Å². The summed E-state index contributed by atoms with van der Waals surface area (Å²) in [6.07, 6.45) is -5.93. The summed E-state index contributed by atoms with van der Waals surface area (Å²) in [5, 5.41) is 9.53. The molecule has 0 amide bonds. The first-order valence-electron chi connectivity index (χ1n) is 4.53. The summed E-state index contributed by atoms with van der Waals surface area (Å²) in [7, 11) is 0. The summed E-state index contributed by atoms with van der Waals surface area (Å²) in [4.78, 5) is 0. The maximum absolute atomic E-state index is 12.6. The van der Waals surface area contributed by atoms with Crippen LogP contribution in [0.2, 0.25) is 5.02 Å². The van der Waals surface area contributed by atoms with Gasteiger partial charge in [-0.2, -0.15) is 13.2 Å². The molecule has 0 aliphatic carbocycles. The number of halogens is 4. The van der Waals surface area contributed by atoms with Crippen molar-refractivity contribution in [3.8, 4) is 0 Å². The quantitative estimate of drug-likeness (QED) is 0.851. The predicted molar refractivity (Wildman–Crippen MR) is 55.1 cm³/mol. The van der Waals surface area contributed by atoms with Crippen LogP contribution >= 0.6 is 11.6 Å². The zero-order valence-corrected chi connectivity index (χ0v) is 9.18. The van der Waals surface area contributed by atoms with Crippen molar-refractivity contribution < 1.29 is 18.3 Å². The second-order valence-electron chi connectivity index (χ2n) is 3.53. The molecule has 0 aliphatic rings. The Morgan fingerprint density at radius 2 is 1.94 bits per heavy atom. The molecule has 0 saturated carbocycles. The molecule has 0 saturated heterocycles. The Morgan fingerprint density at radius 1 is 1.38 bits per heavy atom. The van der Waals surface area contributed by atoms with E-state index in [0.29, 0.717) is 0 Å². The van der Waals surface area contributed by atoms with E-state index in [1.807, 2.05) is 0 Å². The average Bonchev–Trinajstić information content (AvgIpc) is 2.15. The van der Waals surface area contributed by atoms with Gasteiger partial charge in [0.2, 0.25) is 0 Å². The van der Waals surface area contributed by atoms with E-state index in [1.54, 1.807) is 0 Å². The van der Waals surface area contributed by atoms with Gasteiger partial charge in [-0.3, -0.25) is 0 Å². The molecule has 6 heteroatoms. The molecule has 0 radical (unpaired) electrons. The zero-order chi connectivity index (χ0) is 12.5. The Hall–Kier alpha value is -0.780. The molecule has 0 aromatic heterocycles. The number of hydrogen-bond acceptors (Lipinski definition) is 2. The third-order valence-electron chi connectivity index (χ3n) is 2.14. The van der Waals surface area contributed by atoms with E-state index in [2.05, 4.69) is 0 Å². The maximum Gasteiger partial charge on any atom is 0.416 e. The van der Waals surface area contributed by atoms with Crippen molar-refractivity contribution >= 4 is 11.6 Å². The minimum absolute atomic E-state index is 0.0343. The number of aliphatic hydroxyl groups excluding tert-OH is 1. The Kier molecular flexibility index (Phi) is 3.83. The Bertz CT molecular complexity index is 379. The number of hydrogen-bond donors (Lipinski definition) is 2. The van der Waals surface area contributed by atoms with Gasteiger partial charge in [0.05, 0.1) is 11.7 Å². The monoisotopic (exact) mass is 253 g/mol. The summed E-state index contributed by atoms with van der Waals surface area (Å²) in [6, 6.07) is 2.42. The first kappa shape index (κ1) is 13.3. The van der Waals surface area contributed by atoms with E-state index >= 15 is 0 Å². The molecule has 1 aromatic rings. The molecule has 90 valence electrons. The number of nitrogens with two attached hydrogens (primary N) is 1. The Morgan fingerprint density at radius 3 is 2.38 bits per heavy atom. The van der Waals surface area contributed by atoms with Crippen LogP contribution in [0.5, 0.6) is 0 Å². The van der Waals surface area contributed by atoms with Crippen molar-refractivity contribution in [1.29, 1.82) is 0 Å². The minimum Gasteiger partial charge on any atom is -0.387 e. The summed E-state index contributed by atoms with van der Waals surface area (Å²) in [6.45, 7) is 1.43. The fourth-order valence-corrected chi connectivity index (χ4v) is 1.49. The van der Waals surface area contributed by atoms with Gasteiger partial charge in [-0.15, -0.1) is 0 Å². The standard InChI is InChI=1S/C10H11ClF3NO/c1-5(15)9(16)7-3-2-6(11)4-8(7)10(12,13)14/h2-5,9,16H,15H2,1H3/t5-,9-/m1/s1. The fraction of sp³-hybridized carbons (Fsp3) is 0.400. The van der Waals surface area contributed by atoms with Gasteiger partial charge in [0.1, 0.15) is 0 Å². The number of benzene rings is 1. The highest BCUT2D eigenvalue weighted by Crippen LogP contribution is 2.36. The lowest BCUT2D eigenvalue weighted by Crippen LogP contribution is -2.26. The SMILES string of the molecule is C[C@@H](N)[C@@H](O)c1ccc(Cl)cc1C(F)(F)F. The molecule has 0 spiro atoms. The Balaban J connectivity index is 3.29. The summed E-state index contributed by atoms with van der Waals surface area (Å²) >= 11 is 5.49. The summed E-state index contributed by atoms with van der Waals surface area (Å²) in [5.74, 6) is 0. The normalized spacial score (nSPS) is 15.9. The van der Waals surface area contributed by atoms with Crippen molar-refractivity contribution in [2.45, 2.75) is 25.2 Å². The molecule has 0 aliphatic heterocycles. The molecule has 2 atom stereocenters. The molecule has 2 nitrogen and oxygen atoms in total. The smallest absolute Gasteiger partial charge is 0.387 e. The van der Waals surface area contributed by atoms with Crippen LogP contribution in [0.1, 0.15) is 24.2 Å². The van der Waals surface area contributed by atoms with Crippen molar-refractivity contribution in [2.75, 3.05) is 0 Å². The maximum atomic E-state index is 12.6. The van der Waals surface area contributed by atoms with Crippen molar-refractivity contribution in [2.24, 2.45) is 5.73 Å². The van der Waals surface area contributed by atoms with Crippen molar-refractivity contribution in [3.63, 3.8) is 0 Å². The van der Waals surface area contributed by atoms with E-state index in [4.69, 9.17) is 17.3 Å². The molecular weight excluding hydrogens is 243 g/mol. The third-order valence-corrected chi connectivity index (χ3v) is 2.37. The van der Waals surface area contributed by atoms with Crippen LogP contribution in [0.4, 0.5) is 13.2 Å². The van der Waals surface area contributed by atoms with Gasteiger partial charge in [0, 0.05) is 11.1 Å². The van der Waals surface area contributed by atoms with Gasteiger partial charge < -0.3 is 10.8 Å². The topological polar surface area (TPSA) is 46.2 Å². The molecule has 0 unspecified atom stereocenters. The van der Waals surface area contributed by atoms with E-state index in [0.717, 1.165) is 12.1 Å². The van der Waals surface area contributed by atoms with Gasteiger partial charge in [0.25, 0.3) is 0 Å². The minimum atomic E-state index is -4.56. The van der Waals surface area contributed by atoms with E-state index in [9.17, 15) is 18.3 Å². The van der Waals surface area contributed by atoms with Crippen LogP contribution in [0.15, 0.2) is 18.2 Å². The molecule has 0 bridgehead atoms. The average molecular weight is 254 g/mol. The zero-order valence-electron chi connectivity index (χ0n) is 8.42. The van der Waals surface area contributed by atoms with Gasteiger partial charge in [-0.05, 0) is 24.6 Å². The molecule has 1 rings (SSSR count). The van der Waals surface area contributed by atoms with Crippen LogP contribution in [0, 0.1) is 0 Å².